The highest BCUT2D eigenvalue weighted by Gasteiger charge is 2.31. The molecule has 3 rings (SSSR count). The minimum absolute atomic E-state index is 0.131. The van der Waals surface area contributed by atoms with Crippen LogP contribution in [0, 0.1) is 0 Å². The van der Waals surface area contributed by atoms with Crippen LogP contribution in [0.2, 0.25) is 0 Å². The lowest BCUT2D eigenvalue weighted by Crippen LogP contribution is -2.41. The minimum Gasteiger partial charge on any atom is -0.449 e. The van der Waals surface area contributed by atoms with Crippen molar-refractivity contribution in [1.82, 2.24) is 5.32 Å². The van der Waals surface area contributed by atoms with E-state index >= 15 is 0 Å². The van der Waals surface area contributed by atoms with E-state index in [9.17, 15) is 19.2 Å². The highest BCUT2D eigenvalue weighted by molar-refractivity contribution is 6.20. The number of hydrogen-bond donors (Lipinski definition) is 1. The van der Waals surface area contributed by atoms with Crippen molar-refractivity contribution in [2.75, 3.05) is 4.90 Å². The monoisotopic (exact) mass is 386 g/mol. The van der Waals surface area contributed by atoms with E-state index in [1.807, 2.05) is 0 Å². The van der Waals surface area contributed by atoms with E-state index in [2.05, 4.69) is 5.32 Å². The Hall–Kier alpha value is -2.70. The lowest BCUT2D eigenvalue weighted by atomic mass is 10.1. The maximum Gasteiger partial charge on any atom is 0.338 e. The first-order valence-electron chi connectivity index (χ1n) is 9.93. The molecule has 1 aromatic carbocycles. The Morgan fingerprint density at radius 1 is 1.07 bits per heavy atom. The number of carbonyl (C=O) groups is 4. The fraction of sp³-hybridized carbons (Fsp3) is 0.524. The molecular formula is C21H26N2O5. The molecule has 2 fully saturated rings. The largest absolute Gasteiger partial charge is 0.449 e. The van der Waals surface area contributed by atoms with Crippen molar-refractivity contribution in [3.05, 3.63) is 29.8 Å². The number of nitrogens with one attached hydrogen (secondary N) is 1. The summed E-state index contributed by atoms with van der Waals surface area (Å²) in [7, 11) is 0. The molecule has 1 aromatic rings. The SMILES string of the molecule is C[C@@H](OC(=O)c1cccc(N2C(=O)CCC2=O)c1)C(=O)NC1CCCCCC1. The second kappa shape index (κ2) is 8.99. The number of esters is 1. The van der Waals surface area contributed by atoms with Gasteiger partial charge in [-0.25, -0.2) is 4.79 Å². The molecule has 7 nitrogen and oxygen atoms in total. The van der Waals surface area contributed by atoms with Crippen LogP contribution in [0.3, 0.4) is 0 Å². The van der Waals surface area contributed by atoms with Gasteiger partial charge in [0.05, 0.1) is 11.3 Å². The molecular weight excluding hydrogens is 360 g/mol. The number of nitrogens with zero attached hydrogens (tertiary/aromatic N) is 1. The Labute approximate surface area is 164 Å². The molecule has 28 heavy (non-hydrogen) atoms. The van der Waals surface area contributed by atoms with Crippen molar-refractivity contribution < 1.29 is 23.9 Å². The molecule has 1 aliphatic carbocycles. The lowest BCUT2D eigenvalue weighted by molar-refractivity contribution is -0.130. The summed E-state index contributed by atoms with van der Waals surface area (Å²) in [6.07, 6.45) is 5.90. The van der Waals surface area contributed by atoms with Crippen LogP contribution in [0.25, 0.3) is 0 Å². The number of carbonyl (C=O) groups excluding carboxylic acids is 4. The smallest absolute Gasteiger partial charge is 0.338 e. The summed E-state index contributed by atoms with van der Waals surface area (Å²) in [4.78, 5) is 49.7. The zero-order chi connectivity index (χ0) is 20.1. The van der Waals surface area contributed by atoms with E-state index in [-0.39, 0.29) is 42.2 Å². The Morgan fingerprint density at radius 2 is 1.71 bits per heavy atom. The van der Waals surface area contributed by atoms with E-state index in [0.29, 0.717) is 5.69 Å². The normalized spacial score (nSPS) is 19.2. The van der Waals surface area contributed by atoms with Gasteiger partial charge in [0, 0.05) is 18.9 Å². The fourth-order valence-electron chi connectivity index (χ4n) is 3.66. The second-order valence-corrected chi connectivity index (χ2v) is 7.42. The van der Waals surface area contributed by atoms with Gasteiger partial charge in [0.25, 0.3) is 5.91 Å². The number of anilines is 1. The van der Waals surface area contributed by atoms with E-state index < -0.39 is 12.1 Å². The summed E-state index contributed by atoms with van der Waals surface area (Å²) in [5.74, 6) is -1.54. The van der Waals surface area contributed by atoms with E-state index in [1.54, 1.807) is 19.1 Å². The van der Waals surface area contributed by atoms with Gasteiger partial charge >= 0.3 is 5.97 Å². The summed E-state index contributed by atoms with van der Waals surface area (Å²) in [6.45, 7) is 1.54. The van der Waals surface area contributed by atoms with Crippen LogP contribution in [0.5, 0.6) is 0 Å². The van der Waals surface area contributed by atoms with Gasteiger partial charge in [-0.1, -0.05) is 31.7 Å². The predicted molar refractivity (Wildman–Crippen MR) is 103 cm³/mol. The predicted octanol–water partition coefficient (Wildman–Crippen LogP) is 2.72. The lowest BCUT2D eigenvalue weighted by Gasteiger charge is -2.20. The number of rotatable bonds is 5. The first-order chi connectivity index (χ1) is 13.5. The number of ether oxygens (including phenoxy) is 1. The number of amides is 3. The van der Waals surface area contributed by atoms with Gasteiger partial charge in [-0.2, -0.15) is 0 Å². The summed E-state index contributed by atoms with van der Waals surface area (Å²) in [6, 6.07) is 6.29. The molecule has 7 heteroatoms. The summed E-state index contributed by atoms with van der Waals surface area (Å²) >= 11 is 0. The summed E-state index contributed by atoms with van der Waals surface area (Å²) in [5.41, 5.74) is 0.539. The van der Waals surface area contributed by atoms with Gasteiger partial charge in [-0.05, 0) is 38.0 Å². The Bertz CT molecular complexity index is 752. The molecule has 0 aromatic heterocycles. The van der Waals surface area contributed by atoms with Crippen LogP contribution in [-0.2, 0) is 19.1 Å². The highest BCUT2D eigenvalue weighted by atomic mass is 16.5. The molecule has 3 amide bonds. The first-order valence-corrected chi connectivity index (χ1v) is 9.93. The van der Waals surface area contributed by atoms with Gasteiger partial charge in [-0.15, -0.1) is 0 Å². The third-order valence-corrected chi connectivity index (χ3v) is 5.25. The molecule has 0 spiro atoms. The van der Waals surface area contributed by atoms with Crippen molar-refractivity contribution in [2.24, 2.45) is 0 Å². The van der Waals surface area contributed by atoms with Crippen LogP contribution in [-0.4, -0.2) is 35.8 Å². The highest BCUT2D eigenvalue weighted by Crippen LogP contribution is 2.24. The number of benzene rings is 1. The molecule has 1 aliphatic heterocycles. The maximum atomic E-state index is 12.4. The molecule has 1 atom stereocenters. The molecule has 0 bridgehead atoms. The van der Waals surface area contributed by atoms with Gasteiger partial charge in [0.15, 0.2) is 6.10 Å². The van der Waals surface area contributed by atoms with Crippen LogP contribution >= 0.6 is 0 Å². The molecule has 1 saturated heterocycles. The number of hydrogen-bond acceptors (Lipinski definition) is 5. The van der Waals surface area contributed by atoms with E-state index in [4.69, 9.17) is 4.74 Å². The number of imide groups is 1. The molecule has 2 aliphatic rings. The van der Waals surface area contributed by atoms with Crippen LogP contribution < -0.4 is 10.2 Å². The topological polar surface area (TPSA) is 92.8 Å². The fourth-order valence-corrected chi connectivity index (χ4v) is 3.66. The zero-order valence-corrected chi connectivity index (χ0v) is 16.1. The third-order valence-electron chi connectivity index (χ3n) is 5.25. The van der Waals surface area contributed by atoms with Crippen LogP contribution in [0.1, 0.15) is 68.6 Å². The zero-order valence-electron chi connectivity index (χ0n) is 16.1. The molecule has 0 unspecified atom stereocenters. The average molecular weight is 386 g/mol. The van der Waals surface area contributed by atoms with Crippen molar-refractivity contribution in [2.45, 2.75) is 70.4 Å². The molecule has 1 saturated carbocycles. The summed E-state index contributed by atoms with van der Waals surface area (Å²) < 4.78 is 5.30. The second-order valence-electron chi connectivity index (χ2n) is 7.42. The maximum absolute atomic E-state index is 12.4. The van der Waals surface area contributed by atoms with Gasteiger partial charge in [0.1, 0.15) is 0 Å². The quantitative estimate of drug-likeness (QED) is 0.477. The Morgan fingerprint density at radius 3 is 2.36 bits per heavy atom. The Balaban J connectivity index is 1.60. The Kier molecular flexibility index (Phi) is 6.44. The van der Waals surface area contributed by atoms with E-state index in [1.165, 1.54) is 25.0 Å². The first kappa shape index (κ1) is 20.0. The van der Waals surface area contributed by atoms with Gasteiger partial charge in [0.2, 0.25) is 11.8 Å². The minimum atomic E-state index is -0.922. The van der Waals surface area contributed by atoms with Crippen LogP contribution in [0.15, 0.2) is 24.3 Å². The summed E-state index contributed by atoms with van der Waals surface area (Å²) in [5, 5.41) is 2.97. The van der Waals surface area contributed by atoms with Crippen molar-refractivity contribution in [3.8, 4) is 0 Å². The van der Waals surface area contributed by atoms with Gasteiger partial charge in [-0.3, -0.25) is 19.3 Å². The molecule has 1 heterocycles. The molecule has 1 N–H and O–H groups in total. The molecule has 0 radical (unpaired) electrons. The molecule has 150 valence electrons. The van der Waals surface area contributed by atoms with Crippen molar-refractivity contribution in [1.29, 1.82) is 0 Å². The van der Waals surface area contributed by atoms with Crippen LogP contribution in [0.4, 0.5) is 5.69 Å². The van der Waals surface area contributed by atoms with Gasteiger partial charge < -0.3 is 10.1 Å². The van der Waals surface area contributed by atoms with Crippen molar-refractivity contribution in [3.63, 3.8) is 0 Å². The van der Waals surface area contributed by atoms with E-state index in [0.717, 1.165) is 30.6 Å². The van der Waals surface area contributed by atoms with Crippen molar-refractivity contribution >= 4 is 29.4 Å². The third kappa shape index (κ3) is 4.77. The standard InChI is InChI=1S/C21H26N2O5/c1-14(20(26)22-16-8-4-2-3-5-9-16)28-21(27)15-7-6-10-17(13-15)23-18(24)11-12-19(23)25/h6-7,10,13-14,16H,2-5,8-9,11-12H2,1H3,(H,22,26)/t14-/m1/s1. The average Bonchev–Trinajstić information content (AvgIpc) is 2.86.